The van der Waals surface area contributed by atoms with Crippen molar-refractivity contribution >= 4 is 21.5 Å². The summed E-state index contributed by atoms with van der Waals surface area (Å²) in [6.45, 7) is 1.71. The first-order chi connectivity index (χ1) is 17.0. The van der Waals surface area contributed by atoms with Gasteiger partial charge in [0.25, 0.3) is 0 Å². The number of nitrogens with one attached hydrogen (secondary N) is 1. The Kier molecular flexibility index (Phi) is 6.56. The molecule has 5 rings (SSSR count). The number of hydrogen-bond donors (Lipinski definition) is 1. The van der Waals surface area contributed by atoms with Crippen LogP contribution in [-0.2, 0) is 19.0 Å². The van der Waals surface area contributed by atoms with Crippen LogP contribution in [0.1, 0.15) is 16.7 Å². The minimum atomic E-state index is -4.33. The Bertz CT molecular complexity index is 1450. The molecule has 0 aliphatic heterocycles. The number of hydrogen-bond acceptors (Lipinski definition) is 1. The second-order valence-electron chi connectivity index (χ2n) is 8.83. The van der Waals surface area contributed by atoms with E-state index in [1.807, 2.05) is 18.2 Å². The molecule has 0 spiro atoms. The molecule has 0 atom stereocenters. The summed E-state index contributed by atoms with van der Waals surface area (Å²) in [6, 6.07) is 32.6. The van der Waals surface area contributed by atoms with E-state index in [9.17, 15) is 13.2 Å². The number of rotatable bonds is 7. The van der Waals surface area contributed by atoms with Crippen LogP contribution in [0.25, 0.3) is 32.7 Å². The lowest BCUT2D eigenvalue weighted by atomic mass is 9.94. The molecule has 0 saturated carbocycles. The first-order valence-electron chi connectivity index (χ1n) is 11.9. The summed E-state index contributed by atoms with van der Waals surface area (Å²) in [4.78, 5) is 0. The Morgan fingerprint density at radius 2 is 1.26 bits per heavy atom. The van der Waals surface area contributed by atoms with Gasteiger partial charge in [-0.3, -0.25) is 0 Å². The lowest BCUT2D eigenvalue weighted by Gasteiger charge is -2.13. The number of fused-ring (bicyclic) bond motifs is 2. The molecule has 1 nitrogen and oxygen atoms in total. The highest BCUT2D eigenvalue weighted by molar-refractivity contribution is 5.97. The van der Waals surface area contributed by atoms with Gasteiger partial charge in [-0.1, -0.05) is 91.0 Å². The van der Waals surface area contributed by atoms with E-state index >= 15 is 0 Å². The number of benzene rings is 5. The van der Waals surface area contributed by atoms with Gasteiger partial charge >= 0.3 is 6.18 Å². The quantitative estimate of drug-likeness (QED) is 0.238. The van der Waals surface area contributed by atoms with Crippen molar-refractivity contribution in [2.45, 2.75) is 19.0 Å². The molecule has 0 aromatic heterocycles. The third-order valence-electron chi connectivity index (χ3n) is 6.49. The van der Waals surface area contributed by atoms with E-state index in [4.69, 9.17) is 0 Å². The van der Waals surface area contributed by atoms with E-state index in [1.54, 1.807) is 12.1 Å². The van der Waals surface area contributed by atoms with Crippen molar-refractivity contribution < 1.29 is 13.2 Å². The van der Waals surface area contributed by atoms with Gasteiger partial charge in [-0.25, -0.2) is 0 Å². The summed E-state index contributed by atoms with van der Waals surface area (Å²) in [6.07, 6.45) is -2.54. The smallest absolute Gasteiger partial charge is 0.316 e. The van der Waals surface area contributed by atoms with Crippen molar-refractivity contribution in [2.75, 3.05) is 13.1 Å². The molecule has 0 amide bonds. The summed E-state index contributed by atoms with van der Waals surface area (Å²) in [5.41, 5.74) is 3.63. The summed E-state index contributed by atoms with van der Waals surface area (Å²) in [7, 11) is 0. The maximum atomic E-state index is 13.0. The fourth-order valence-electron chi connectivity index (χ4n) is 4.69. The monoisotopic (exact) mass is 469 g/mol. The van der Waals surface area contributed by atoms with Crippen molar-refractivity contribution in [3.05, 3.63) is 120 Å². The van der Waals surface area contributed by atoms with E-state index in [-0.39, 0.29) is 0 Å². The highest BCUT2D eigenvalue weighted by atomic mass is 19.4. The van der Waals surface area contributed by atoms with Gasteiger partial charge in [0.05, 0.1) is 5.56 Å². The largest absolute Gasteiger partial charge is 0.416 e. The normalized spacial score (nSPS) is 11.9. The van der Waals surface area contributed by atoms with Crippen molar-refractivity contribution in [3.8, 4) is 11.1 Å². The van der Waals surface area contributed by atoms with Crippen molar-refractivity contribution in [1.82, 2.24) is 5.32 Å². The molecule has 0 heterocycles. The summed E-state index contributed by atoms with van der Waals surface area (Å²) in [5.74, 6) is 0. The number of alkyl halides is 3. The molecule has 0 unspecified atom stereocenters. The van der Waals surface area contributed by atoms with Crippen LogP contribution in [0, 0.1) is 0 Å². The Hall–Kier alpha value is -3.63. The topological polar surface area (TPSA) is 12.0 Å². The predicted octanol–water partition coefficient (Wildman–Crippen LogP) is 8.05. The second-order valence-corrected chi connectivity index (χ2v) is 8.83. The van der Waals surface area contributed by atoms with E-state index in [1.165, 1.54) is 16.3 Å². The maximum absolute atomic E-state index is 13.0. The first-order valence-corrected chi connectivity index (χ1v) is 11.9. The molecule has 4 heteroatoms. The minimum absolute atomic E-state index is 0.628. The lowest BCUT2D eigenvalue weighted by Crippen LogP contribution is -2.20. The van der Waals surface area contributed by atoms with Crippen molar-refractivity contribution in [2.24, 2.45) is 0 Å². The molecular weight excluding hydrogens is 443 g/mol. The fraction of sp³-hybridized carbons (Fsp3) is 0.161. The molecule has 0 bridgehead atoms. The van der Waals surface area contributed by atoms with Crippen molar-refractivity contribution in [1.29, 1.82) is 0 Å². The fourth-order valence-corrected chi connectivity index (χ4v) is 4.69. The molecule has 0 saturated heterocycles. The van der Waals surface area contributed by atoms with Crippen LogP contribution in [0.2, 0.25) is 0 Å². The Morgan fingerprint density at radius 3 is 2.03 bits per heavy atom. The van der Waals surface area contributed by atoms with E-state index in [0.717, 1.165) is 65.5 Å². The molecule has 1 N–H and O–H groups in total. The minimum Gasteiger partial charge on any atom is -0.316 e. The summed E-state index contributed by atoms with van der Waals surface area (Å²) < 4.78 is 39.1. The standard InChI is InChI=1S/C31H26F3N/c32-31(33,34)27-14-12-25(13-15-27)30-21-22(20-26-7-2-4-11-29(26)30)16-18-35-19-17-24-9-5-8-23-6-1-3-10-28(23)24/h1-15,20-21,35H,16-19H2. The molecule has 0 radical (unpaired) electrons. The Labute approximate surface area is 203 Å². The van der Waals surface area contributed by atoms with Gasteiger partial charge in [-0.15, -0.1) is 0 Å². The van der Waals surface area contributed by atoms with E-state index in [0.29, 0.717) is 0 Å². The summed E-state index contributed by atoms with van der Waals surface area (Å²) >= 11 is 0. The average molecular weight is 470 g/mol. The maximum Gasteiger partial charge on any atom is 0.416 e. The van der Waals surface area contributed by atoms with Gasteiger partial charge in [0.1, 0.15) is 0 Å². The van der Waals surface area contributed by atoms with Crippen LogP contribution in [-0.4, -0.2) is 13.1 Å². The third-order valence-corrected chi connectivity index (χ3v) is 6.49. The van der Waals surface area contributed by atoms with Crippen LogP contribution in [0.5, 0.6) is 0 Å². The molecule has 35 heavy (non-hydrogen) atoms. The van der Waals surface area contributed by atoms with Crippen LogP contribution in [0.15, 0.2) is 103 Å². The van der Waals surface area contributed by atoms with Crippen LogP contribution in [0.3, 0.4) is 0 Å². The molecule has 0 fully saturated rings. The average Bonchev–Trinajstić information content (AvgIpc) is 2.87. The van der Waals surface area contributed by atoms with Crippen LogP contribution >= 0.6 is 0 Å². The van der Waals surface area contributed by atoms with Gasteiger partial charge < -0.3 is 5.32 Å². The number of halogens is 3. The molecule has 5 aromatic rings. The molecule has 0 aliphatic carbocycles. The van der Waals surface area contributed by atoms with Crippen LogP contribution in [0.4, 0.5) is 13.2 Å². The highest BCUT2D eigenvalue weighted by Crippen LogP contribution is 2.34. The first kappa shape index (κ1) is 23.1. The predicted molar refractivity (Wildman–Crippen MR) is 139 cm³/mol. The van der Waals surface area contributed by atoms with Gasteiger partial charge in [0.2, 0.25) is 0 Å². The second kappa shape index (κ2) is 9.93. The van der Waals surface area contributed by atoms with Crippen molar-refractivity contribution in [3.63, 3.8) is 0 Å². The van der Waals surface area contributed by atoms with Gasteiger partial charge in [-0.2, -0.15) is 13.2 Å². The zero-order valence-electron chi connectivity index (χ0n) is 19.3. The van der Waals surface area contributed by atoms with E-state index < -0.39 is 11.7 Å². The van der Waals surface area contributed by atoms with Crippen LogP contribution < -0.4 is 5.32 Å². The highest BCUT2D eigenvalue weighted by Gasteiger charge is 2.30. The molecular formula is C31H26F3N. The lowest BCUT2D eigenvalue weighted by molar-refractivity contribution is -0.137. The molecule has 176 valence electrons. The Morgan fingerprint density at radius 1 is 0.600 bits per heavy atom. The van der Waals surface area contributed by atoms with Gasteiger partial charge in [-0.05, 0) is 81.9 Å². The summed E-state index contributed by atoms with van der Waals surface area (Å²) in [5, 5.41) is 8.25. The Balaban J connectivity index is 1.29. The molecule has 0 aliphatic rings. The zero-order chi connectivity index (χ0) is 24.3. The third kappa shape index (κ3) is 5.23. The van der Waals surface area contributed by atoms with Gasteiger partial charge in [0.15, 0.2) is 0 Å². The SMILES string of the molecule is FC(F)(F)c1ccc(-c2cc(CCNCCc3cccc4ccccc34)cc3ccccc23)cc1. The van der Waals surface area contributed by atoms with E-state index in [2.05, 4.69) is 66.0 Å². The molecule has 5 aromatic carbocycles. The zero-order valence-corrected chi connectivity index (χ0v) is 19.3. The van der Waals surface area contributed by atoms with Gasteiger partial charge in [0, 0.05) is 0 Å².